The molecule has 0 aromatic rings. The summed E-state index contributed by atoms with van der Waals surface area (Å²) >= 11 is 0. The molecule has 56 nitrogen and oxygen atoms in total. The highest BCUT2D eigenvalue weighted by molar-refractivity contribution is 5.89. The van der Waals surface area contributed by atoms with Gasteiger partial charge in [0.15, 0.2) is 146 Å². The van der Waals surface area contributed by atoms with E-state index in [0.717, 1.165) is 111 Å². The summed E-state index contributed by atoms with van der Waals surface area (Å²) in [5, 5.41) is 17.1. The van der Waals surface area contributed by atoms with Crippen LogP contribution in [0.4, 0.5) is 0 Å². The Hall–Kier alpha value is -13.0. The molecule has 0 saturated carbocycles. The van der Waals surface area contributed by atoms with E-state index in [1.165, 1.54) is 20.8 Å². The Bertz CT molecular complexity index is 4590. The fourth-order valence-electron chi connectivity index (χ4n) is 16.4. The Labute approximate surface area is 789 Å². The molecule has 8 heterocycles. The Morgan fingerprint density at radius 3 is 0.460 bits per heavy atom. The number of nitrogens with one attached hydrogen (secondary N) is 7. The summed E-state index contributed by atoms with van der Waals surface area (Å²) in [6.45, 7) is 14.0. The topological polar surface area (TPSA) is 725 Å². The third-order valence-corrected chi connectivity index (χ3v) is 21.2. The Morgan fingerprint density at radius 2 is 0.309 bits per heavy atom. The average molecular weight is 1990 g/mol. The molecule has 8 fully saturated rings. The van der Waals surface area contributed by atoms with Crippen molar-refractivity contribution in [3.8, 4) is 0 Å². The predicted octanol–water partition coefficient (Wildman–Crippen LogP) is -8.18. The molecule has 8 aliphatic heterocycles. The van der Waals surface area contributed by atoms with Crippen molar-refractivity contribution in [3.05, 3.63) is 0 Å². The van der Waals surface area contributed by atoms with Crippen LogP contribution in [0.1, 0.15) is 132 Å². The van der Waals surface area contributed by atoms with Gasteiger partial charge in [-0.3, -0.25) is 110 Å². The van der Waals surface area contributed by atoms with Crippen LogP contribution in [0.2, 0.25) is 0 Å². The van der Waals surface area contributed by atoms with E-state index < -0.39 is 390 Å². The van der Waals surface area contributed by atoms with Gasteiger partial charge in [0, 0.05) is 157 Å². The molecule has 0 aliphatic carbocycles. The van der Waals surface area contributed by atoms with Crippen LogP contribution in [0.3, 0.4) is 0 Å². The van der Waals surface area contributed by atoms with Crippen molar-refractivity contribution in [1.29, 1.82) is 0 Å². The van der Waals surface area contributed by atoms with Gasteiger partial charge in [0.2, 0.25) is 0 Å². The lowest BCUT2D eigenvalue weighted by Crippen LogP contribution is -2.50. The molecular formula is C83H111N7O49. The van der Waals surface area contributed by atoms with E-state index in [1.807, 2.05) is 0 Å². The van der Waals surface area contributed by atoms with Gasteiger partial charge < -0.3 is 156 Å². The summed E-state index contributed by atoms with van der Waals surface area (Å²) in [7, 11) is 0. The first-order chi connectivity index (χ1) is 65.1. The first-order valence-corrected chi connectivity index (χ1v) is 43.3. The molecule has 772 valence electrons. The molecule has 0 aromatic carbocycles. The van der Waals surface area contributed by atoms with Crippen molar-refractivity contribution in [3.63, 3.8) is 0 Å². The lowest BCUT2D eigenvalue weighted by molar-refractivity contribution is -0.172. The number of rotatable bonds is 39. The monoisotopic (exact) mass is 1990 g/mol. The zero-order chi connectivity index (χ0) is 103. The van der Waals surface area contributed by atoms with Gasteiger partial charge in [-0.1, -0.05) is 0 Å². The second-order valence-electron chi connectivity index (χ2n) is 32.8. The molecule has 8 saturated heterocycles. The highest BCUT2D eigenvalue weighted by Gasteiger charge is 2.62. The quantitative estimate of drug-likeness (QED) is 0.0222. The molecule has 32 atom stereocenters. The molecule has 0 spiro atoms. The fraction of sp³-hybridized carbons (Fsp3) is 0.711. The van der Waals surface area contributed by atoms with Gasteiger partial charge in [0.25, 0.3) is 41.4 Å². The second kappa shape index (κ2) is 49.5. The van der Waals surface area contributed by atoms with E-state index in [1.54, 1.807) is 0 Å². The van der Waals surface area contributed by atoms with Crippen molar-refractivity contribution in [1.82, 2.24) is 37.2 Å². The molecular weight excluding hydrogens is 1880 g/mol. The molecule has 0 unspecified atom stereocenters. The molecule has 8 aliphatic rings. The van der Waals surface area contributed by atoms with Crippen molar-refractivity contribution >= 4 is 143 Å². The van der Waals surface area contributed by atoms with Crippen LogP contribution in [0, 0.1) is 0 Å². The zero-order valence-corrected chi connectivity index (χ0v) is 78.5. The number of carbonyl (C=O) groups excluding carboxylic acids is 24. The van der Waals surface area contributed by atoms with E-state index in [2.05, 4.69) is 37.2 Å². The Morgan fingerprint density at radius 1 is 0.187 bits per heavy atom. The predicted molar refractivity (Wildman–Crippen MR) is 436 cm³/mol. The first kappa shape index (κ1) is 111. The number of esters is 17. The van der Waals surface area contributed by atoms with Crippen molar-refractivity contribution < 1.29 is 233 Å². The minimum absolute atomic E-state index is 0.642. The van der Waals surface area contributed by atoms with Crippen LogP contribution in [0.15, 0.2) is 0 Å². The fourth-order valence-corrected chi connectivity index (χ4v) is 16.4. The molecule has 0 aromatic heterocycles. The number of hydrogen-bond donors (Lipinski definition) is 7. The van der Waals surface area contributed by atoms with E-state index in [9.17, 15) is 115 Å². The van der Waals surface area contributed by atoms with Crippen LogP contribution in [-0.2, 0) is 233 Å². The van der Waals surface area contributed by atoms with Gasteiger partial charge in [0.05, 0.1) is 12.2 Å². The van der Waals surface area contributed by atoms with Crippen LogP contribution < -0.4 is 37.2 Å². The highest BCUT2D eigenvalue weighted by atomic mass is 16.7. The Balaban J connectivity index is 0.957. The largest absolute Gasteiger partial charge is 0.461 e. The number of amides is 7. The molecule has 7 amide bonds. The average Bonchev–Trinajstić information content (AvgIpc) is 1.64. The van der Waals surface area contributed by atoms with Gasteiger partial charge >= 0.3 is 101 Å². The first-order valence-electron chi connectivity index (χ1n) is 43.3. The number of carbonyl (C=O) groups is 24. The number of hydrogen-bond acceptors (Lipinski definition) is 49. The summed E-state index contributed by atoms with van der Waals surface area (Å²) in [4.78, 5) is 316. The van der Waals surface area contributed by atoms with Gasteiger partial charge in [-0.25, -0.2) is 4.79 Å². The van der Waals surface area contributed by atoms with Gasteiger partial charge in [0.1, 0.15) is 42.7 Å². The maximum absolute atomic E-state index is 14.7. The third kappa shape index (κ3) is 30.2. The molecule has 7 N–H and O–H groups in total. The van der Waals surface area contributed by atoms with Crippen LogP contribution in [0.25, 0.3) is 0 Å². The van der Waals surface area contributed by atoms with Crippen molar-refractivity contribution in [2.24, 2.45) is 0 Å². The summed E-state index contributed by atoms with van der Waals surface area (Å²) in [5.74, 6) is -25.7. The lowest BCUT2D eigenvalue weighted by Gasteiger charge is -2.25. The maximum atomic E-state index is 14.7. The lowest BCUT2D eigenvalue weighted by atomic mass is 10.0. The van der Waals surface area contributed by atoms with E-state index in [0.29, 0.717) is 0 Å². The molecule has 56 heteroatoms. The van der Waals surface area contributed by atoms with E-state index in [-0.39, 0.29) is 0 Å². The summed E-state index contributed by atoms with van der Waals surface area (Å²) in [5.41, 5.74) is 0. The molecule has 0 bridgehead atoms. The maximum Gasteiger partial charge on any atom is 0.339 e. The van der Waals surface area contributed by atoms with Gasteiger partial charge in [-0.2, -0.15) is 0 Å². The van der Waals surface area contributed by atoms with E-state index >= 15 is 0 Å². The zero-order valence-electron chi connectivity index (χ0n) is 78.5. The molecule has 139 heavy (non-hydrogen) atoms. The molecule has 0 radical (unpaired) electrons. The van der Waals surface area contributed by atoms with Gasteiger partial charge in [-0.15, -0.1) is 0 Å². The summed E-state index contributed by atoms with van der Waals surface area (Å²) < 4.78 is 140. The summed E-state index contributed by atoms with van der Waals surface area (Å²) in [6, 6.07) is 0. The summed E-state index contributed by atoms with van der Waals surface area (Å²) in [6.07, 6.45) is -56.3. The third-order valence-electron chi connectivity index (χ3n) is 21.2. The van der Waals surface area contributed by atoms with Crippen LogP contribution in [-0.4, -0.2) is 390 Å². The normalized spacial score (nSPS) is 32.3. The van der Waals surface area contributed by atoms with Crippen LogP contribution >= 0.6 is 0 Å². The smallest absolute Gasteiger partial charge is 0.339 e. The second-order valence-corrected chi connectivity index (χ2v) is 32.8. The highest BCUT2D eigenvalue weighted by Crippen LogP contribution is 2.38. The van der Waals surface area contributed by atoms with E-state index in [4.69, 9.17) is 118 Å². The SMILES string of the molecule is CC(=O)O[C@H]1[C@H](OC(C)=O)[C@H](C(=O)NC[C@H]2O[C@@H](C(=O)NC[C@H]3O[C@@H](C(=O)NC[C@H]4O[C@@H](C(=O)NC[C@H]5O[C@@H](C(=O)NC[C@H]6O[C@@H](C(=O)NC[C@H]7O[C@@H](C(=O)NC[C@H]8O[C@@H](C(=O)OC(C)C)[C@@H](OC(C)=O)[C@@H]8OC(C)=O)[C@@H](OC(C)=O)[C@@H]7OC(C)=O)[C@@H](OC(C)=O)[C@@H]6OC(C)=O)[C@@H](OC(C)=O)[C@@H]5OC(C)=O)[C@@H](OC(C)=O)[C@@H]4OC(C)=O)[C@@H](OC(C)=O)[C@@H]3OC(C)=O)[C@@H](OC(C)=O)[C@@H]2OC(C)=O)O[C@@H]1C. The minimum Gasteiger partial charge on any atom is -0.461 e. The minimum atomic E-state index is -2.06. The molecule has 8 rings (SSSR count). The standard InChI is InChI=1S/C83H111N7O49/c1-27(2)115-83(114)75-67(132-44(19)106)59(124-36(11)98)51(139-75)26-90-82(113)74-66(131-43(18)105)58(123-35(10)97)50(138-74)25-89-81(112)73-65(130-42(17)104)57(122-34(9)96)49(137-73)24-88-80(111)72-64(129-41(16)103)56(121-33(8)95)48(136-72)23-87-79(110)71-63(128-40(15)102)55(120-32(7)94)47(135-71)22-86-78(109)70-62(127-39(14)101)54(119-31(6)93)46(134-70)21-85-77(108)69-61(126-38(13)100)53(118-30(5)92)45(133-69)20-84-76(107)68-60(125-37(12)99)52(28(3)116-68)117-29(4)91/h27-28,45-75H,20-26H2,1-19H3,(H,84,107)(H,85,108)(H,86,109)(H,87,110)(H,88,111)(H,89,112)(H,90,113)/t28-,45-,46-,47-,48-,49-,50-,51-,52-,53-,54-,55-,56-,57-,58-,59-,60+,61+,62+,63+,64+,65+,66+,67+,68-,69-,70-,71-,72-,73-,74-,75-/m1/s1. The van der Waals surface area contributed by atoms with Crippen LogP contribution in [0.5, 0.6) is 0 Å². The van der Waals surface area contributed by atoms with Crippen molar-refractivity contribution in [2.45, 2.75) is 333 Å². The number of ether oxygens (including phenoxy) is 25. The van der Waals surface area contributed by atoms with Crippen molar-refractivity contribution in [2.75, 3.05) is 45.8 Å². The van der Waals surface area contributed by atoms with Gasteiger partial charge in [-0.05, 0) is 20.8 Å². The Kier molecular flexibility index (Phi) is 39.6.